The molecule has 0 heterocycles. The Morgan fingerprint density at radius 2 is 1.69 bits per heavy atom. The second-order valence-electron chi connectivity index (χ2n) is 4.86. The third-order valence-corrected chi connectivity index (χ3v) is 3.63. The molecule has 1 nitrogen and oxygen atoms in total. The lowest BCUT2D eigenvalue weighted by Crippen LogP contribution is -2.27. The van der Waals surface area contributed by atoms with Gasteiger partial charge in [0, 0.05) is 6.04 Å². The van der Waals surface area contributed by atoms with Gasteiger partial charge in [-0.1, -0.05) is 44.0 Å². The van der Waals surface area contributed by atoms with Crippen molar-refractivity contribution in [2.24, 2.45) is 0 Å². The molecule has 0 atom stereocenters. The van der Waals surface area contributed by atoms with Crippen molar-refractivity contribution < 1.29 is 0 Å². The fourth-order valence-electron chi connectivity index (χ4n) is 2.49. The zero-order valence-corrected chi connectivity index (χ0v) is 10.3. The molecule has 1 aromatic rings. The minimum Gasteiger partial charge on any atom is -0.314 e. The van der Waals surface area contributed by atoms with Gasteiger partial charge in [0.25, 0.3) is 0 Å². The van der Waals surface area contributed by atoms with Gasteiger partial charge in [0.15, 0.2) is 0 Å². The number of nitrogens with one attached hydrogen (secondary N) is 1. The summed E-state index contributed by atoms with van der Waals surface area (Å²) < 4.78 is 0. The fourth-order valence-corrected chi connectivity index (χ4v) is 2.49. The molecule has 2 rings (SSSR count). The highest BCUT2D eigenvalue weighted by Crippen LogP contribution is 2.17. The highest BCUT2D eigenvalue weighted by Gasteiger charge is 2.13. The minimum absolute atomic E-state index is 0.801. The van der Waals surface area contributed by atoms with E-state index >= 15 is 0 Å². The molecule has 1 aliphatic rings. The predicted octanol–water partition coefficient (Wildman–Crippen LogP) is 3.32. The van der Waals surface area contributed by atoms with Crippen molar-refractivity contribution in [1.29, 1.82) is 0 Å². The molecule has 1 heteroatoms. The first-order valence-electron chi connectivity index (χ1n) is 6.69. The number of benzene rings is 1. The summed E-state index contributed by atoms with van der Waals surface area (Å²) in [6.45, 7) is 3.34. The maximum Gasteiger partial charge on any atom is 0.00671 e. The van der Waals surface area contributed by atoms with Gasteiger partial charge in [-0.25, -0.2) is 0 Å². The number of hydrogen-bond acceptors (Lipinski definition) is 1. The Balaban J connectivity index is 1.71. The Morgan fingerprint density at radius 3 is 2.31 bits per heavy atom. The average Bonchev–Trinajstić information content (AvgIpc) is 2.83. The number of aryl methyl sites for hydroxylation is 1. The first-order chi connectivity index (χ1) is 7.88. The zero-order valence-electron chi connectivity index (χ0n) is 10.3. The Bertz CT molecular complexity index is 296. The van der Waals surface area contributed by atoms with E-state index in [9.17, 15) is 0 Å². The molecule has 1 fully saturated rings. The summed E-state index contributed by atoms with van der Waals surface area (Å²) in [5.41, 5.74) is 2.90. The van der Waals surface area contributed by atoms with Gasteiger partial charge in [0.1, 0.15) is 0 Å². The third kappa shape index (κ3) is 3.34. The molecule has 0 unspecified atom stereocenters. The van der Waals surface area contributed by atoms with Crippen molar-refractivity contribution in [1.82, 2.24) is 5.32 Å². The van der Waals surface area contributed by atoms with Crippen molar-refractivity contribution in [2.75, 3.05) is 6.54 Å². The van der Waals surface area contributed by atoms with Crippen LogP contribution in [-0.4, -0.2) is 12.6 Å². The van der Waals surface area contributed by atoms with Gasteiger partial charge in [-0.05, 0) is 43.4 Å². The molecule has 0 saturated heterocycles. The normalized spacial score (nSPS) is 16.8. The van der Waals surface area contributed by atoms with Crippen LogP contribution in [0.25, 0.3) is 0 Å². The van der Waals surface area contributed by atoms with Crippen molar-refractivity contribution in [3.8, 4) is 0 Å². The first kappa shape index (κ1) is 11.7. The molecule has 0 bridgehead atoms. The second kappa shape index (κ2) is 6.05. The molecule has 1 saturated carbocycles. The highest BCUT2D eigenvalue weighted by molar-refractivity contribution is 5.22. The van der Waals surface area contributed by atoms with Gasteiger partial charge in [-0.15, -0.1) is 0 Å². The largest absolute Gasteiger partial charge is 0.314 e. The van der Waals surface area contributed by atoms with Crippen LogP contribution in [-0.2, 0) is 12.8 Å². The topological polar surface area (TPSA) is 12.0 Å². The SMILES string of the molecule is CCc1ccc(CCNC2CCCC2)cc1. The van der Waals surface area contributed by atoms with Crippen LogP contribution in [0.4, 0.5) is 0 Å². The Hall–Kier alpha value is -0.820. The molecular weight excluding hydrogens is 194 g/mol. The molecule has 16 heavy (non-hydrogen) atoms. The second-order valence-corrected chi connectivity index (χ2v) is 4.86. The quantitative estimate of drug-likeness (QED) is 0.797. The van der Waals surface area contributed by atoms with E-state index in [4.69, 9.17) is 0 Å². The Labute approximate surface area is 99.3 Å². The van der Waals surface area contributed by atoms with Gasteiger partial charge in [0.2, 0.25) is 0 Å². The van der Waals surface area contributed by atoms with E-state index in [-0.39, 0.29) is 0 Å². The summed E-state index contributed by atoms with van der Waals surface area (Å²) in [5.74, 6) is 0. The minimum atomic E-state index is 0.801. The highest BCUT2D eigenvalue weighted by atomic mass is 14.9. The Morgan fingerprint density at radius 1 is 1.06 bits per heavy atom. The molecule has 0 aromatic heterocycles. The van der Waals surface area contributed by atoms with Crippen LogP contribution in [0, 0.1) is 0 Å². The van der Waals surface area contributed by atoms with Gasteiger partial charge >= 0.3 is 0 Å². The molecule has 88 valence electrons. The Kier molecular flexibility index (Phi) is 4.41. The van der Waals surface area contributed by atoms with Crippen molar-refractivity contribution in [3.05, 3.63) is 35.4 Å². The smallest absolute Gasteiger partial charge is 0.00671 e. The van der Waals surface area contributed by atoms with E-state index in [2.05, 4.69) is 36.5 Å². The van der Waals surface area contributed by atoms with Crippen molar-refractivity contribution in [2.45, 2.75) is 51.5 Å². The van der Waals surface area contributed by atoms with Crippen molar-refractivity contribution >= 4 is 0 Å². The summed E-state index contributed by atoms with van der Waals surface area (Å²) >= 11 is 0. The van der Waals surface area contributed by atoms with E-state index in [1.165, 1.54) is 43.2 Å². The van der Waals surface area contributed by atoms with Crippen LogP contribution in [0.5, 0.6) is 0 Å². The van der Waals surface area contributed by atoms with Crippen LogP contribution >= 0.6 is 0 Å². The van der Waals surface area contributed by atoms with Gasteiger partial charge in [-0.3, -0.25) is 0 Å². The van der Waals surface area contributed by atoms with Gasteiger partial charge in [0.05, 0.1) is 0 Å². The molecule has 0 radical (unpaired) electrons. The van der Waals surface area contributed by atoms with E-state index in [0.29, 0.717) is 0 Å². The van der Waals surface area contributed by atoms with Gasteiger partial charge < -0.3 is 5.32 Å². The van der Waals surface area contributed by atoms with E-state index in [1.54, 1.807) is 0 Å². The molecule has 1 aromatic carbocycles. The van der Waals surface area contributed by atoms with E-state index < -0.39 is 0 Å². The van der Waals surface area contributed by atoms with E-state index in [0.717, 1.165) is 19.0 Å². The average molecular weight is 217 g/mol. The molecule has 1 aliphatic carbocycles. The lowest BCUT2D eigenvalue weighted by molar-refractivity contribution is 0.528. The van der Waals surface area contributed by atoms with Crippen LogP contribution in [0.3, 0.4) is 0 Å². The lowest BCUT2D eigenvalue weighted by atomic mass is 10.1. The molecule has 0 amide bonds. The maximum atomic E-state index is 3.66. The van der Waals surface area contributed by atoms with Crippen LogP contribution in [0.15, 0.2) is 24.3 Å². The summed E-state index contributed by atoms with van der Waals surface area (Å²) in [6.07, 6.45) is 7.91. The van der Waals surface area contributed by atoms with Crippen molar-refractivity contribution in [3.63, 3.8) is 0 Å². The summed E-state index contributed by atoms with van der Waals surface area (Å²) in [5, 5.41) is 3.66. The number of rotatable bonds is 5. The summed E-state index contributed by atoms with van der Waals surface area (Å²) in [4.78, 5) is 0. The fraction of sp³-hybridized carbons (Fsp3) is 0.600. The zero-order chi connectivity index (χ0) is 11.2. The number of hydrogen-bond donors (Lipinski definition) is 1. The standard InChI is InChI=1S/C15H23N/c1-2-13-7-9-14(10-8-13)11-12-16-15-5-3-4-6-15/h7-10,15-16H,2-6,11-12H2,1H3. The third-order valence-electron chi connectivity index (χ3n) is 3.63. The monoisotopic (exact) mass is 217 g/mol. The summed E-state index contributed by atoms with van der Waals surface area (Å²) in [6, 6.07) is 9.86. The molecule has 1 N–H and O–H groups in total. The lowest BCUT2D eigenvalue weighted by Gasteiger charge is -2.11. The predicted molar refractivity (Wildman–Crippen MR) is 69.8 cm³/mol. The van der Waals surface area contributed by atoms with Crippen LogP contribution < -0.4 is 5.32 Å². The van der Waals surface area contributed by atoms with Crippen LogP contribution in [0.1, 0.15) is 43.7 Å². The first-order valence-corrected chi connectivity index (χ1v) is 6.69. The molecule has 0 aliphatic heterocycles. The molecule has 0 spiro atoms. The van der Waals surface area contributed by atoms with Crippen LogP contribution in [0.2, 0.25) is 0 Å². The maximum absolute atomic E-state index is 3.66. The summed E-state index contributed by atoms with van der Waals surface area (Å²) in [7, 11) is 0. The van der Waals surface area contributed by atoms with Gasteiger partial charge in [-0.2, -0.15) is 0 Å². The van der Waals surface area contributed by atoms with E-state index in [1.807, 2.05) is 0 Å². The molecular formula is C15H23N.